The van der Waals surface area contributed by atoms with Gasteiger partial charge in [-0.1, -0.05) is 24.3 Å². The van der Waals surface area contributed by atoms with Gasteiger partial charge in [0.2, 0.25) is 5.13 Å². The summed E-state index contributed by atoms with van der Waals surface area (Å²) in [6.45, 7) is 1.87. The van der Waals surface area contributed by atoms with E-state index in [1.54, 1.807) is 11.3 Å². The summed E-state index contributed by atoms with van der Waals surface area (Å²) in [6.07, 6.45) is 0. The van der Waals surface area contributed by atoms with E-state index in [1.807, 2.05) is 48.7 Å². The molecule has 3 aromatic heterocycles. The van der Waals surface area contributed by atoms with Gasteiger partial charge < -0.3 is 4.42 Å². The second-order valence-corrected chi connectivity index (χ2v) is 6.61. The van der Waals surface area contributed by atoms with E-state index in [4.69, 9.17) is 4.42 Å². The number of hydrogen-bond donors (Lipinski definition) is 1. The second-order valence-electron chi connectivity index (χ2n) is 4.91. The van der Waals surface area contributed by atoms with Gasteiger partial charge in [-0.2, -0.15) is 9.36 Å². The van der Waals surface area contributed by atoms with Crippen molar-refractivity contribution in [2.24, 2.45) is 0 Å². The van der Waals surface area contributed by atoms with Crippen LogP contribution < -0.4 is 5.32 Å². The highest BCUT2D eigenvalue weighted by atomic mass is 32.1. The summed E-state index contributed by atoms with van der Waals surface area (Å²) >= 11 is 2.72. The van der Waals surface area contributed by atoms with Crippen molar-refractivity contribution in [2.75, 3.05) is 5.32 Å². The Hall–Kier alpha value is -2.51. The Kier molecular flexibility index (Phi) is 3.44. The van der Waals surface area contributed by atoms with Crippen LogP contribution in [0.25, 0.3) is 21.7 Å². The van der Waals surface area contributed by atoms with Crippen LogP contribution in [0, 0.1) is 6.92 Å². The number of carbonyl (C=O) groups is 1. The number of hydrogen-bond acceptors (Lipinski definition) is 6. The molecule has 0 aliphatic rings. The quantitative estimate of drug-likeness (QED) is 0.592. The maximum atomic E-state index is 12.4. The maximum Gasteiger partial charge on any atom is 0.293 e. The van der Waals surface area contributed by atoms with Crippen molar-refractivity contribution in [2.45, 2.75) is 6.92 Å². The van der Waals surface area contributed by atoms with E-state index in [9.17, 15) is 4.79 Å². The van der Waals surface area contributed by atoms with Gasteiger partial charge in [0, 0.05) is 22.5 Å². The predicted octanol–water partition coefficient (Wildman–Crippen LogP) is 4.57. The second kappa shape index (κ2) is 5.60. The van der Waals surface area contributed by atoms with Crippen LogP contribution in [0.5, 0.6) is 0 Å². The number of rotatable bonds is 3. The zero-order valence-corrected chi connectivity index (χ0v) is 13.7. The first kappa shape index (κ1) is 14.1. The van der Waals surface area contributed by atoms with Crippen LogP contribution in [0.2, 0.25) is 0 Å². The van der Waals surface area contributed by atoms with Crippen LogP contribution in [0.15, 0.2) is 46.2 Å². The molecule has 4 aromatic rings. The fraction of sp³-hybridized carbons (Fsp3) is 0.0625. The van der Waals surface area contributed by atoms with Crippen molar-refractivity contribution in [1.29, 1.82) is 0 Å². The summed E-state index contributed by atoms with van der Waals surface area (Å²) in [7, 11) is 0. The Labute approximate surface area is 139 Å². The molecule has 0 atom stereocenters. The molecule has 1 aromatic carbocycles. The third-order valence-corrected chi connectivity index (χ3v) is 4.93. The highest BCUT2D eigenvalue weighted by Gasteiger charge is 2.19. The fourth-order valence-corrected chi connectivity index (χ4v) is 3.62. The van der Waals surface area contributed by atoms with Gasteiger partial charge in [0.15, 0.2) is 11.6 Å². The summed E-state index contributed by atoms with van der Waals surface area (Å²) in [5.74, 6) is 0.619. The Balaban J connectivity index is 1.61. The molecule has 0 aliphatic heterocycles. The molecule has 4 rings (SSSR count). The summed E-state index contributed by atoms with van der Waals surface area (Å²) in [6, 6.07) is 11.5. The van der Waals surface area contributed by atoms with E-state index in [-0.39, 0.29) is 5.91 Å². The molecule has 0 fully saturated rings. The molecule has 0 radical (unpaired) electrons. The topological polar surface area (TPSA) is 68.0 Å². The van der Waals surface area contributed by atoms with E-state index < -0.39 is 0 Å². The zero-order chi connectivity index (χ0) is 15.8. The molecule has 0 spiro atoms. The number of carbonyl (C=O) groups excluding carboxylic acids is 1. The van der Waals surface area contributed by atoms with E-state index in [2.05, 4.69) is 14.7 Å². The number of anilines is 1. The van der Waals surface area contributed by atoms with Gasteiger partial charge in [0.1, 0.15) is 5.58 Å². The number of aryl methyl sites for hydroxylation is 1. The molecule has 0 aliphatic carbocycles. The normalized spacial score (nSPS) is 11.0. The number of para-hydroxylation sites is 1. The van der Waals surface area contributed by atoms with Crippen LogP contribution in [-0.4, -0.2) is 15.3 Å². The van der Waals surface area contributed by atoms with Crippen LogP contribution in [0.1, 0.15) is 16.1 Å². The number of nitrogens with zero attached hydrogens (tertiary/aromatic N) is 2. The first-order valence-corrected chi connectivity index (χ1v) is 8.55. The summed E-state index contributed by atoms with van der Waals surface area (Å²) in [4.78, 5) is 17.8. The Bertz CT molecular complexity index is 986. The minimum Gasteiger partial charge on any atom is -0.451 e. The highest BCUT2D eigenvalue weighted by molar-refractivity contribution is 7.14. The summed E-state index contributed by atoms with van der Waals surface area (Å²) in [5.41, 5.74) is 1.52. The lowest BCUT2D eigenvalue weighted by Gasteiger charge is -1.98. The first-order valence-electron chi connectivity index (χ1n) is 6.89. The molecule has 114 valence electrons. The molecule has 0 bridgehead atoms. The van der Waals surface area contributed by atoms with Gasteiger partial charge in [-0.3, -0.25) is 10.1 Å². The third-order valence-electron chi connectivity index (χ3n) is 3.44. The molecule has 3 heterocycles. The van der Waals surface area contributed by atoms with Crippen LogP contribution in [0.3, 0.4) is 0 Å². The molecule has 7 heteroatoms. The standard InChI is InChI=1S/C16H11N3O2S2/c1-9-10-5-2-3-6-11(10)21-13(9)15(20)18-16-17-14(19-23-16)12-7-4-8-22-12/h2-8H,1H3,(H,17,18,19,20). The third kappa shape index (κ3) is 2.54. The van der Waals surface area contributed by atoms with E-state index in [0.29, 0.717) is 22.3 Å². The summed E-state index contributed by atoms with van der Waals surface area (Å²) < 4.78 is 9.92. The number of fused-ring (bicyclic) bond motifs is 1. The number of nitrogens with one attached hydrogen (secondary N) is 1. The van der Waals surface area contributed by atoms with Crippen molar-refractivity contribution in [3.05, 3.63) is 53.1 Å². The van der Waals surface area contributed by atoms with Gasteiger partial charge in [-0.15, -0.1) is 11.3 Å². The molecule has 0 saturated heterocycles. The van der Waals surface area contributed by atoms with Crippen LogP contribution >= 0.6 is 22.9 Å². The molecule has 0 saturated carbocycles. The van der Waals surface area contributed by atoms with Crippen LogP contribution in [-0.2, 0) is 0 Å². The molecular weight excluding hydrogens is 330 g/mol. The maximum absolute atomic E-state index is 12.4. The van der Waals surface area contributed by atoms with Crippen molar-refractivity contribution in [3.8, 4) is 10.7 Å². The van der Waals surface area contributed by atoms with E-state index >= 15 is 0 Å². The number of benzene rings is 1. The number of amides is 1. The van der Waals surface area contributed by atoms with Gasteiger partial charge in [-0.25, -0.2) is 0 Å². The molecule has 1 N–H and O–H groups in total. The Morgan fingerprint density at radius 3 is 2.87 bits per heavy atom. The SMILES string of the molecule is Cc1c(C(=O)Nc2nc(-c3cccs3)ns2)oc2ccccc12. The minimum absolute atomic E-state index is 0.305. The number of thiophene rings is 1. The number of aromatic nitrogens is 2. The van der Waals surface area contributed by atoms with Gasteiger partial charge in [0.05, 0.1) is 4.88 Å². The van der Waals surface area contributed by atoms with Crippen LogP contribution in [0.4, 0.5) is 5.13 Å². The zero-order valence-electron chi connectivity index (χ0n) is 12.1. The highest BCUT2D eigenvalue weighted by Crippen LogP contribution is 2.27. The van der Waals surface area contributed by atoms with Crippen molar-refractivity contribution >= 4 is 44.9 Å². The average molecular weight is 341 g/mol. The monoisotopic (exact) mass is 341 g/mol. The van der Waals surface area contributed by atoms with E-state index in [1.165, 1.54) is 0 Å². The first-order chi connectivity index (χ1) is 11.2. The molecule has 5 nitrogen and oxygen atoms in total. The minimum atomic E-state index is -0.312. The molecule has 23 heavy (non-hydrogen) atoms. The Morgan fingerprint density at radius 2 is 2.09 bits per heavy atom. The van der Waals surface area contributed by atoms with Crippen molar-refractivity contribution in [1.82, 2.24) is 9.36 Å². The summed E-state index contributed by atoms with van der Waals surface area (Å²) in [5, 5.41) is 6.12. The molecule has 0 unspecified atom stereocenters. The van der Waals surface area contributed by atoms with Crippen molar-refractivity contribution in [3.63, 3.8) is 0 Å². The molecular formula is C16H11N3O2S2. The predicted molar refractivity (Wildman–Crippen MR) is 92.1 cm³/mol. The average Bonchev–Trinajstić information content (AvgIpc) is 3.27. The smallest absolute Gasteiger partial charge is 0.293 e. The van der Waals surface area contributed by atoms with Gasteiger partial charge >= 0.3 is 0 Å². The Morgan fingerprint density at radius 1 is 1.22 bits per heavy atom. The lowest BCUT2D eigenvalue weighted by Crippen LogP contribution is -2.11. The largest absolute Gasteiger partial charge is 0.451 e. The van der Waals surface area contributed by atoms with Gasteiger partial charge in [-0.05, 0) is 24.4 Å². The lowest BCUT2D eigenvalue weighted by atomic mass is 10.1. The number of furan rings is 1. The fourth-order valence-electron chi connectivity index (χ4n) is 2.32. The van der Waals surface area contributed by atoms with Gasteiger partial charge in [0.25, 0.3) is 5.91 Å². The molecule has 1 amide bonds. The van der Waals surface area contributed by atoms with E-state index in [0.717, 1.165) is 27.4 Å². The lowest BCUT2D eigenvalue weighted by molar-refractivity contribution is 0.0998. The van der Waals surface area contributed by atoms with Crippen molar-refractivity contribution < 1.29 is 9.21 Å².